The van der Waals surface area contributed by atoms with Gasteiger partial charge in [0, 0.05) is 23.7 Å². The Morgan fingerprint density at radius 3 is 2.48 bits per heavy atom. The fraction of sp³-hybridized carbons (Fsp3) is 0.379. The Kier molecular flexibility index (Phi) is 8.28. The van der Waals surface area contributed by atoms with Crippen LogP contribution >= 0.6 is 11.8 Å². The van der Waals surface area contributed by atoms with Crippen LogP contribution in [0.15, 0.2) is 70.7 Å². The van der Waals surface area contributed by atoms with Crippen molar-refractivity contribution >= 4 is 33.4 Å². The second-order valence-corrected chi connectivity index (χ2v) is 14.1. The zero-order chi connectivity index (χ0) is 29.3. The third-order valence-corrected chi connectivity index (χ3v) is 9.03. The van der Waals surface area contributed by atoms with Crippen molar-refractivity contribution in [3.63, 3.8) is 0 Å². The lowest BCUT2D eigenvalue weighted by molar-refractivity contribution is -0.156. The van der Waals surface area contributed by atoms with Crippen LogP contribution < -0.4 is 4.72 Å². The molecule has 40 heavy (non-hydrogen) atoms. The second kappa shape index (κ2) is 11.2. The SMILES string of the molecule is Cc1cc(SC2=C(O)CC(C)(CCc3ccc(O)cc3)OC2=O)c(C(C)(C)C)cc1NS(=O)(=O)Cn1ccnc1. The Morgan fingerprint density at radius 1 is 1.18 bits per heavy atom. The third-order valence-electron chi connectivity index (χ3n) is 6.70. The Hall–Kier alpha value is -3.44. The van der Waals surface area contributed by atoms with Gasteiger partial charge in [0.2, 0.25) is 0 Å². The normalized spacial score (nSPS) is 18.1. The van der Waals surface area contributed by atoms with Gasteiger partial charge >= 0.3 is 5.97 Å². The molecular formula is C29H35N3O6S2. The first-order chi connectivity index (χ1) is 18.6. The van der Waals surface area contributed by atoms with Crippen molar-refractivity contribution in [2.45, 2.75) is 75.7 Å². The van der Waals surface area contributed by atoms with E-state index in [2.05, 4.69) is 9.71 Å². The first kappa shape index (κ1) is 29.5. The van der Waals surface area contributed by atoms with Gasteiger partial charge in [-0.3, -0.25) is 4.72 Å². The predicted molar refractivity (Wildman–Crippen MR) is 156 cm³/mol. The number of carbonyl (C=O) groups excluding carboxylic acids is 1. The molecule has 2 aromatic carbocycles. The second-order valence-electron chi connectivity index (χ2n) is 11.4. The fourth-order valence-electron chi connectivity index (χ4n) is 4.50. The maximum Gasteiger partial charge on any atom is 0.348 e. The molecule has 214 valence electrons. The largest absolute Gasteiger partial charge is 0.511 e. The van der Waals surface area contributed by atoms with Crippen LogP contribution in [0.25, 0.3) is 0 Å². The lowest BCUT2D eigenvalue weighted by Crippen LogP contribution is -2.37. The number of phenolic OH excluding ortho intramolecular Hbond substituents is 1. The molecule has 2 heterocycles. The van der Waals surface area contributed by atoms with E-state index in [0.29, 0.717) is 24.1 Å². The van der Waals surface area contributed by atoms with Crippen LogP contribution in [0.4, 0.5) is 5.69 Å². The van der Waals surface area contributed by atoms with Crippen molar-refractivity contribution in [3.8, 4) is 5.75 Å². The molecule has 1 aliphatic rings. The van der Waals surface area contributed by atoms with E-state index in [-0.39, 0.29) is 28.7 Å². The van der Waals surface area contributed by atoms with E-state index in [1.165, 1.54) is 17.1 Å². The van der Waals surface area contributed by atoms with Crippen molar-refractivity contribution in [2.24, 2.45) is 0 Å². The molecule has 0 spiro atoms. The summed E-state index contributed by atoms with van der Waals surface area (Å²) < 4.78 is 35.6. The number of thioether (sulfide) groups is 1. The van der Waals surface area contributed by atoms with Gasteiger partial charge in [0.05, 0.1) is 12.0 Å². The summed E-state index contributed by atoms with van der Waals surface area (Å²) in [7, 11) is -3.71. The number of nitrogens with zero attached hydrogens (tertiary/aromatic N) is 2. The molecule has 0 bridgehead atoms. The van der Waals surface area contributed by atoms with Crippen molar-refractivity contribution < 1.29 is 28.2 Å². The number of ether oxygens (including phenoxy) is 1. The Bertz CT molecular complexity index is 1520. The van der Waals surface area contributed by atoms with E-state index in [1.54, 1.807) is 38.2 Å². The number of aliphatic hydroxyl groups is 1. The maximum atomic E-state index is 13.1. The molecule has 1 unspecified atom stereocenters. The van der Waals surface area contributed by atoms with Gasteiger partial charge in [0.1, 0.15) is 27.9 Å². The number of esters is 1. The number of hydrogen-bond donors (Lipinski definition) is 3. The molecule has 11 heteroatoms. The lowest BCUT2D eigenvalue weighted by atomic mass is 9.86. The Morgan fingerprint density at radius 2 is 1.88 bits per heavy atom. The van der Waals surface area contributed by atoms with Gasteiger partial charge < -0.3 is 19.5 Å². The summed E-state index contributed by atoms with van der Waals surface area (Å²) in [5.74, 6) is -0.709. The minimum atomic E-state index is -3.71. The quantitative estimate of drug-likeness (QED) is 0.269. The van der Waals surface area contributed by atoms with Crippen LogP contribution in [0, 0.1) is 6.92 Å². The number of imidazole rings is 1. The number of benzene rings is 2. The van der Waals surface area contributed by atoms with Crippen LogP contribution in [-0.2, 0) is 37.3 Å². The molecular weight excluding hydrogens is 550 g/mol. The summed E-state index contributed by atoms with van der Waals surface area (Å²) >= 11 is 1.13. The molecule has 0 fully saturated rings. The minimum Gasteiger partial charge on any atom is -0.511 e. The fourth-order valence-corrected chi connectivity index (χ4v) is 6.91. The Labute approximate surface area is 239 Å². The number of aliphatic hydroxyl groups excluding tert-OH is 1. The van der Waals surface area contributed by atoms with Gasteiger partial charge in [-0.25, -0.2) is 18.2 Å². The average Bonchev–Trinajstić information content (AvgIpc) is 3.34. The monoisotopic (exact) mass is 585 g/mol. The van der Waals surface area contributed by atoms with Gasteiger partial charge in [0.15, 0.2) is 0 Å². The van der Waals surface area contributed by atoms with E-state index >= 15 is 0 Å². The first-order valence-corrected chi connectivity index (χ1v) is 15.3. The molecule has 3 aromatic rings. The molecule has 0 amide bonds. The van der Waals surface area contributed by atoms with Crippen molar-refractivity contribution in [3.05, 3.63) is 82.5 Å². The number of aryl methyl sites for hydroxylation is 2. The summed E-state index contributed by atoms with van der Waals surface area (Å²) in [6.45, 7) is 9.59. The highest BCUT2D eigenvalue weighted by Crippen LogP contribution is 2.44. The van der Waals surface area contributed by atoms with Gasteiger partial charge in [-0.15, -0.1) is 0 Å². The molecule has 3 N–H and O–H groups in total. The van der Waals surface area contributed by atoms with Crippen molar-refractivity contribution in [1.82, 2.24) is 9.55 Å². The minimum absolute atomic E-state index is 0.0305. The van der Waals surface area contributed by atoms with E-state index in [4.69, 9.17) is 4.74 Å². The van der Waals surface area contributed by atoms with Gasteiger partial charge in [-0.2, -0.15) is 0 Å². The number of phenols is 1. The number of sulfonamides is 1. The number of hydrogen-bond acceptors (Lipinski definition) is 8. The summed E-state index contributed by atoms with van der Waals surface area (Å²) in [4.78, 5) is 17.9. The molecule has 0 saturated carbocycles. The van der Waals surface area contributed by atoms with E-state index in [9.17, 15) is 23.4 Å². The lowest BCUT2D eigenvalue weighted by Gasteiger charge is -2.34. The highest BCUT2D eigenvalue weighted by Gasteiger charge is 2.39. The van der Waals surface area contributed by atoms with Crippen molar-refractivity contribution in [2.75, 3.05) is 4.72 Å². The maximum absolute atomic E-state index is 13.1. The number of carbonyl (C=O) groups is 1. The summed E-state index contributed by atoms with van der Waals surface area (Å²) in [6, 6.07) is 10.5. The molecule has 9 nitrogen and oxygen atoms in total. The topological polar surface area (TPSA) is 131 Å². The predicted octanol–water partition coefficient (Wildman–Crippen LogP) is 5.79. The summed E-state index contributed by atoms with van der Waals surface area (Å²) in [5, 5.41) is 20.5. The molecule has 0 saturated heterocycles. The zero-order valence-electron chi connectivity index (χ0n) is 23.3. The first-order valence-electron chi connectivity index (χ1n) is 12.9. The number of aromatic hydroxyl groups is 1. The number of aromatic nitrogens is 2. The van der Waals surface area contributed by atoms with E-state index in [1.807, 2.05) is 39.0 Å². The molecule has 4 rings (SSSR count). The van der Waals surface area contributed by atoms with Gasteiger partial charge in [-0.05, 0) is 73.1 Å². The summed E-state index contributed by atoms with van der Waals surface area (Å²) in [5.41, 5.74) is 1.66. The van der Waals surface area contributed by atoms with Crippen LogP contribution in [0.3, 0.4) is 0 Å². The number of cyclic esters (lactones) is 1. The highest BCUT2D eigenvalue weighted by molar-refractivity contribution is 8.04. The number of anilines is 1. The highest BCUT2D eigenvalue weighted by atomic mass is 32.2. The number of nitrogens with one attached hydrogen (secondary N) is 1. The molecule has 1 aromatic heterocycles. The van der Waals surface area contributed by atoms with Crippen LogP contribution in [0.1, 0.15) is 57.2 Å². The molecule has 0 radical (unpaired) electrons. The molecule has 0 aliphatic carbocycles. The van der Waals surface area contributed by atoms with Crippen LogP contribution in [-0.4, -0.2) is 39.8 Å². The smallest absolute Gasteiger partial charge is 0.348 e. The number of rotatable bonds is 9. The van der Waals surface area contributed by atoms with Gasteiger partial charge in [0.25, 0.3) is 10.0 Å². The Balaban J connectivity index is 1.56. The van der Waals surface area contributed by atoms with Crippen LogP contribution in [0.5, 0.6) is 5.75 Å². The van der Waals surface area contributed by atoms with Crippen LogP contribution in [0.2, 0.25) is 0 Å². The zero-order valence-corrected chi connectivity index (χ0v) is 24.9. The molecule has 1 atom stereocenters. The van der Waals surface area contributed by atoms with Crippen molar-refractivity contribution in [1.29, 1.82) is 0 Å². The summed E-state index contributed by atoms with van der Waals surface area (Å²) in [6.07, 6.45) is 5.83. The average molecular weight is 586 g/mol. The van der Waals surface area contributed by atoms with E-state index < -0.39 is 27.0 Å². The van der Waals surface area contributed by atoms with Gasteiger partial charge in [-0.1, -0.05) is 44.7 Å². The third kappa shape index (κ3) is 7.19. The molecule has 1 aliphatic heterocycles. The van der Waals surface area contributed by atoms with E-state index in [0.717, 1.165) is 27.8 Å². The standard InChI is InChI=1S/C29H35N3O6S2/c1-19-14-25(22(28(2,3)4)15-23(19)31-40(36,37)18-32-13-12-30-17-32)39-26-24(34)16-29(5,38-27(26)35)11-10-20-6-8-21(33)9-7-20/h6-9,12-15,17,31,33-34H,10-11,16,18H2,1-5H3.